The van der Waals surface area contributed by atoms with E-state index in [0.717, 1.165) is 3.57 Å². The van der Waals surface area contributed by atoms with Gasteiger partial charge in [0, 0.05) is 14.3 Å². The van der Waals surface area contributed by atoms with Crippen LogP contribution < -0.4 is 4.74 Å². The van der Waals surface area contributed by atoms with Crippen molar-refractivity contribution in [1.82, 2.24) is 0 Å². The first-order valence-corrected chi connectivity index (χ1v) is 9.22. The number of benzene rings is 2. The molecule has 0 aliphatic heterocycles. The van der Waals surface area contributed by atoms with Crippen molar-refractivity contribution >= 4 is 58.3 Å². The van der Waals surface area contributed by atoms with Gasteiger partial charge in [0.05, 0.1) is 9.37 Å². The molecule has 0 radical (unpaired) electrons. The summed E-state index contributed by atoms with van der Waals surface area (Å²) in [6.45, 7) is 0. The van der Waals surface area contributed by atoms with Crippen LogP contribution in [0.4, 0.5) is 0 Å². The lowest BCUT2D eigenvalue weighted by molar-refractivity contribution is 0.478. The van der Waals surface area contributed by atoms with Crippen LogP contribution in [0, 0.1) is 3.57 Å². The molecule has 2 rings (SSSR count). The lowest BCUT2D eigenvalue weighted by Crippen LogP contribution is -1.92. The van der Waals surface area contributed by atoms with E-state index in [0.29, 0.717) is 16.0 Å². The van der Waals surface area contributed by atoms with Crippen molar-refractivity contribution in [2.24, 2.45) is 0 Å². The lowest BCUT2D eigenvalue weighted by atomic mass is 10.3. The van der Waals surface area contributed by atoms with Crippen LogP contribution in [0.3, 0.4) is 0 Å². The second kappa shape index (κ2) is 5.99. The Morgan fingerprint density at radius 1 is 1.16 bits per heavy atom. The maximum absolute atomic E-state index is 11.2. The highest BCUT2D eigenvalue weighted by Crippen LogP contribution is 2.32. The molecule has 0 unspecified atom stereocenters. The normalized spacial score (nSPS) is 11.3. The van der Waals surface area contributed by atoms with E-state index in [4.69, 9.17) is 15.4 Å². The van der Waals surface area contributed by atoms with Gasteiger partial charge in [0.25, 0.3) is 9.05 Å². The fourth-order valence-corrected chi connectivity index (χ4v) is 3.28. The van der Waals surface area contributed by atoms with Crippen molar-refractivity contribution in [3.05, 3.63) is 50.5 Å². The van der Waals surface area contributed by atoms with Crippen molar-refractivity contribution in [3.8, 4) is 11.5 Å². The maximum atomic E-state index is 11.2. The molecule has 0 saturated heterocycles. The molecule has 0 spiro atoms. The molecule has 0 aliphatic carbocycles. The van der Waals surface area contributed by atoms with Gasteiger partial charge in [0.15, 0.2) is 0 Å². The molecule has 0 bridgehead atoms. The first-order valence-electron chi connectivity index (χ1n) is 5.04. The molecule has 19 heavy (non-hydrogen) atoms. The minimum atomic E-state index is -3.74. The summed E-state index contributed by atoms with van der Waals surface area (Å²) in [5.41, 5.74) is 0. The summed E-state index contributed by atoms with van der Waals surface area (Å²) in [6.07, 6.45) is 0. The summed E-state index contributed by atoms with van der Waals surface area (Å²) >= 11 is 5.45. The Balaban J connectivity index is 2.32. The van der Waals surface area contributed by atoms with Gasteiger partial charge in [0.1, 0.15) is 11.5 Å². The van der Waals surface area contributed by atoms with Crippen LogP contribution in [0.15, 0.2) is 51.8 Å². The van der Waals surface area contributed by atoms with Gasteiger partial charge in [-0.25, -0.2) is 8.42 Å². The van der Waals surface area contributed by atoms with Crippen LogP contribution in [0.1, 0.15) is 0 Å². The van der Waals surface area contributed by atoms with E-state index in [1.54, 1.807) is 6.07 Å². The fraction of sp³-hybridized carbons (Fsp3) is 0. The molecule has 100 valence electrons. The monoisotopic (exact) mass is 472 g/mol. The number of halogens is 3. The van der Waals surface area contributed by atoms with Crippen molar-refractivity contribution in [3.63, 3.8) is 0 Å². The molecule has 2 aromatic carbocycles. The quantitative estimate of drug-likeness (QED) is 0.476. The molecule has 0 atom stereocenters. The largest absolute Gasteiger partial charge is 0.456 e. The van der Waals surface area contributed by atoms with Crippen LogP contribution in [0.25, 0.3) is 0 Å². The van der Waals surface area contributed by atoms with E-state index in [-0.39, 0.29) is 4.90 Å². The SMILES string of the molecule is O=S(=O)(Cl)c1ccc(Oc2cccc(I)c2)c(Br)c1. The summed E-state index contributed by atoms with van der Waals surface area (Å²) in [7, 11) is 1.54. The predicted octanol–water partition coefficient (Wildman–Crippen LogP) is 4.77. The smallest absolute Gasteiger partial charge is 0.261 e. The van der Waals surface area contributed by atoms with Crippen molar-refractivity contribution < 1.29 is 13.2 Å². The molecule has 0 heterocycles. The molecule has 7 heteroatoms. The van der Waals surface area contributed by atoms with Gasteiger partial charge >= 0.3 is 0 Å². The molecule has 0 aliphatic rings. The highest BCUT2D eigenvalue weighted by atomic mass is 127. The van der Waals surface area contributed by atoms with Gasteiger partial charge in [-0.1, -0.05) is 6.07 Å². The molecular formula is C12H7BrClIO3S. The highest BCUT2D eigenvalue weighted by Gasteiger charge is 2.13. The van der Waals surface area contributed by atoms with Crippen LogP contribution in [0.2, 0.25) is 0 Å². The summed E-state index contributed by atoms with van der Waals surface area (Å²) in [6, 6.07) is 11.9. The summed E-state index contributed by atoms with van der Waals surface area (Å²) in [5, 5.41) is 0. The molecule has 0 fully saturated rings. The van der Waals surface area contributed by atoms with Gasteiger partial charge in [-0.05, 0) is 74.9 Å². The summed E-state index contributed by atoms with van der Waals surface area (Å²) in [4.78, 5) is 0.0241. The van der Waals surface area contributed by atoms with Crippen LogP contribution >= 0.6 is 49.2 Å². The molecule has 2 aromatic rings. The van der Waals surface area contributed by atoms with Crippen LogP contribution in [-0.4, -0.2) is 8.42 Å². The Hall–Kier alpha value is -0.310. The highest BCUT2D eigenvalue weighted by molar-refractivity contribution is 14.1. The third-order valence-electron chi connectivity index (χ3n) is 2.21. The van der Waals surface area contributed by atoms with Crippen molar-refractivity contribution in [2.75, 3.05) is 0 Å². The number of ether oxygens (including phenoxy) is 1. The Morgan fingerprint density at radius 3 is 2.47 bits per heavy atom. The molecule has 0 aromatic heterocycles. The lowest BCUT2D eigenvalue weighted by Gasteiger charge is -2.08. The zero-order valence-corrected chi connectivity index (χ0v) is 14.6. The fourth-order valence-electron chi connectivity index (χ4n) is 1.37. The molecule has 0 saturated carbocycles. The zero-order chi connectivity index (χ0) is 14.0. The third-order valence-corrected chi connectivity index (χ3v) is 4.85. The minimum Gasteiger partial charge on any atom is -0.456 e. The van der Waals surface area contributed by atoms with Gasteiger partial charge in [0.2, 0.25) is 0 Å². The van der Waals surface area contributed by atoms with Crippen LogP contribution in [0.5, 0.6) is 11.5 Å². The Kier molecular flexibility index (Phi) is 4.75. The Labute approximate surface area is 137 Å². The van der Waals surface area contributed by atoms with E-state index in [9.17, 15) is 8.42 Å². The van der Waals surface area contributed by atoms with E-state index in [1.165, 1.54) is 12.1 Å². The zero-order valence-electron chi connectivity index (χ0n) is 9.31. The third kappa shape index (κ3) is 4.08. The Bertz CT molecular complexity index is 719. The summed E-state index contributed by atoms with van der Waals surface area (Å²) in [5.74, 6) is 1.19. The van der Waals surface area contributed by atoms with E-state index >= 15 is 0 Å². The Morgan fingerprint density at radius 2 is 1.89 bits per heavy atom. The molecular weight excluding hydrogens is 466 g/mol. The van der Waals surface area contributed by atoms with E-state index in [1.807, 2.05) is 24.3 Å². The molecule has 0 amide bonds. The number of rotatable bonds is 3. The summed E-state index contributed by atoms with van der Waals surface area (Å²) < 4.78 is 29.6. The average Bonchev–Trinajstić information content (AvgIpc) is 2.30. The van der Waals surface area contributed by atoms with Crippen LogP contribution in [-0.2, 0) is 9.05 Å². The standard InChI is InChI=1S/C12H7BrClIO3S/c13-11-7-10(19(14,16)17)4-5-12(11)18-9-3-1-2-8(15)6-9/h1-7H. The first-order chi connectivity index (χ1) is 8.86. The molecule has 3 nitrogen and oxygen atoms in total. The van der Waals surface area contributed by atoms with Crippen molar-refractivity contribution in [2.45, 2.75) is 4.90 Å². The second-order valence-corrected chi connectivity index (χ2v) is 8.26. The number of hydrogen-bond acceptors (Lipinski definition) is 3. The van der Waals surface area contributed by atoms with Gasteiger partial charge in [-0.15, -0.1) is 0 Å². The number of hydrogen-bond donors (Lipinski definition) is 0. The van der Waals surface area contributed by atoms with E-state index < -0.39 is 9.05 Å². The van der Waals surface area contributed by atoms with Crippen molar-refractivity contribution in [1.29, 1.82) is 0 Å². The predicted molar refractivity (Wildman–Crippen MR) is 86.4 cm³/mol. The van der Waals surface area contributed by atoms with E-state index in [2.05, 4.69) is 38.5 Å². The topological polar surface area (TPSA) is 43.4 Å². The average molecular weight is 474 g/mol. The van der Waals surface area contributed by atoms with Gasteiger partial charge in [-0.3, -0.25) is 0 Å². The van der Waals surface area contributed by atoms with Gasteiger partial charge in [-0.2, -0.15) is 0 Å². The second-order valence-electron chi connectivity index (χ2n) is 3.59. The first kappa shape index (κ1) is 15.1. The minimum absolute atomic E-state index is 0.0241. The van der Waals surface area contributed by atoms with Gasteiger partial charge < -0.3 is 4.74 Å². The maximum Gasteiger partial charge on any atom is 0.261 e. The molecule has 0 N–H and O–H groups in total.